The van der Waals surface area contributed by atoms with Crippen LogP contribution in [0.4, 0.5) is 5.69 Å². The van der Waals surface area contributed by atoms with Crippen molar-refractivity contribution in [3.63, 3.8) is 0 Å². The summed E-state index contributed by atoms with van der Waals surface area (Å²) in [6, 6.07) is 5.50. The molecule has 0 unspecified atom stereocenters. The molecular formula is C9H8BrN3O. The summed E-state index contributed by atoms with van der Waals surface area (Å²) in [5.41, 5.74) is 7.15. The molecule has 0 aliphatic heterocycles. The largest absolute Gasteiger partial charge is 0.398 e. The lowest BCUT2D eigenvalue weighted by Crippen LogP contribution is -1.89. The highest BCUT2D eigenvalue weighted by atomic mass is 79.9. The van der Waals surface area contributed by atoms with Crippen LogP contribution in [0.25, 0.3) is 11.5 Å². The fourth-order valence-electron chi connectivity index (χ4n) is 1.12. The van der Waals surface area contributed by atoms with Crippen LogP contribution in [0.2, 0.25) is 0 Å². The molecule has 72 valence electrons. The van der Waals surface area contributed by atoms with Crippen molar-refractivity contribution in [1.82, 2.24) is 10.1 Å². The van der Waals surface area contributed by atoms with Crippen LogP contribution in [0.5, 0.6) is 0 Å². The standard InChI is InChI=1S/C9H8BrN3O/c1-5-12-9(14-13-5)7-4-6(10)2-3-8(7)11/h2-4H,11H2,1H3. The first kappa shape index (κ1) is 9.21. The number of nitrogen functional groups attached to an aromatic ring is 1. The van der Waals surface area contributed by atoms with Crippen LogP contribution >= 0.6 is 15.9 Å². The molecule has 0 bridgehead atoms. The third-order valence-corrected chi connectivity index (χ3v) is 2.27. The molecule has 0 amide bonds. The Morgan fingerprint density at radius 2 is 2.21 bits per heavy atom. The maximum Gasteiger partial charge on any atom is 0.260 e. The van der Waals surface area contributed by atoms with Gasteiger partial charge < -0.3 is 10.3 Å². The Labute approximate surface area is 89.2 Å². The molecule has 0 atom stereocenters. The van der Waals surface area contributed by atoms with Gasteiger partial charge in [0.05, 0.1) is 5.56 Å². The smallest absolute Gasteiger partial charge is 0.260 e. The van der Waals surface area contributed by atoms with Crippen molar-refractivity contribution in [2.45, 2.75) is 6.92 Å². The molecule has 14 heavy (non-hydrogen) atoms. The Kier molecular flexibility index (Phi) is 2.25. The number of hydrogen-bond donors (Lipinski definition) is 1. The van der Waals surface area contributed by atoms with E-state index in [9.17, 15) is 0 Å². The number of nitrogens with zero attached hydrogens (tertiary/aromatic N) is 2. The Bertz CT molecular complexity index is 467. The minimum Gasteiger partial charge on any atom is -0.398 e. The summed E-state index contributed by atoms with van der Waals surface area (Å²) in [6.07, 6.45) is 0. The summed E-state index contributed by atoms with van der Waals surface area (Å²) in [5, 5.41) is 3.71. The molecule has 0 spiro atoms. The maximum absolute atomic E-state index is 5.78. The Morgan fingerprint density at radius 3 is 2.86 bits per heavy atom. The Hall–Kier alpha value is -1.36. The van der Waals surface area contributed by atoms with Crippen molar-refractivity contribution in [1.29, 1.82) is 0 Å². The van der Waals surface area contributed by atoms with Gasteiger partial charge in [0.1, 0.15) is 0 Å². The van der Waals surface area contributed by atoms with Gasteiger partial charge >= 0.3 is 0 Å². The SMILES string of the molecule is Cc1noc(-c2cc(Br)ccc2N)n1. The summed E-state index contributed by atoms with van der Waals surface area (Å²) < 4.78 is 5.95. The van der Waals surface area contributed by atoms with E-state index in [2.05, 4.69) is 26.1 Å². The summed E-state index contributed by atoms with van der Waals surface area (Å²) in [6.45, 7) is 1.77. The predicted molar refractivity (Wildman–Crippen MR) is 56.6 cm³/mol. The van der Waals surface area contributed by atoms with Gasteiger partial charge in [0, 0.05) is 10.2 Å². The minimum absolute atomic E-state index is 0.446. The van der Waals surface area contributed by atoms with Gasteiger partial charge in [0.2, 0.25) is 0 Å². The summed E-state index contributed by atoms with van der Waals surface area (Å²) in [4.78, 5) is 4.10. The molecule has 0 radical (unpaired) electrons. The van der Waals surface area contributed by atoms with E-state index in [-0.39, 0.29) is 0 Å². The van der Waals surface area contributed by atoms with Crippen LogP contribution in [0.15, 0.2) is 27.2 Å². The number of nitrogens with two attached hydrogens (primary N) is 1. The van der Waals surface area contributed by atoms with Gasteiger partial charge in [-0.2, -0.15) is 4.98 Å². The monoisotopic (exact) mass is 253 g/mol. The van der Waals surface area contributed by atoms with E-state index in [4.69, 9.17) is 10.3 Å². The molecule has 1 aromatic carbocycles. The van der Waals surface area contributed by atoms with Crippen molar-refractivity contribution in [3.8, 4) is 11.5 Å². The van der Waals surface area contributed by atoms with E-state index in [1.165, 1.54) is 0 Å². The van der Waals surface area contributed by atoms with Gasteiger partial charge in [-0.05, 0) is 25.1 Å². The van der Waals surface area contributed by atoms with Gasteiger partial charge in [0.25, 0.3) is 5.89 Å². The number of aromatic nitrogens is 2. The van der Waals surface area contributed by atoms with E-state index < -0.39 is 0 Å². The van der Waals surface area contributed by atoms with Crippen LogP contribution in [0.1, 0.15) is 5.82 Å². The zero-order chi connectivity index (χ0) is 10.1. The maximum atomic E-state index is 5.78. The lowest BCUT2D eigenvalue weighted by molar-refractivity contribution is 0.426. The lowest BCUT2D eigenvalue weighted by atomic mass is 10.2. The molecule has 2 N–H and O–H groups in total. The van der Waals surface area contributed by atoms with Gasteiger partial charge in [-0.3, -0.25) is 0 Å². The molecule has 1 heterocycles. The molecule has 0 aliphatic rings. The van der Waals surface area contributed by atoms with E-state index in [1.807, 2.05) is 12.1 Å². The van der Waals surface area contributed by atoms with Gasteiger partial charge in [-0.15, -0.1) is 0 Å². The molecule has 4 nitrogen and oxygen atoms in total. The first-order valence-corrected chi connectivity index (χ1v) is 4.82. The normalized spacial score (nSPS) is 10.4. The predicted octanol–water partition coefficient (Wildman–Crippen LogP) is 2.39. The molecule has 0 saturated carbocycles. The highest BCUT2D eigenvalue weighted by molar-refractivity contribution is 9.10. The summed E-state index contributed by atoms with van der Waals surface area (Å²) in [7, 11) is 0. The van der Waals surface area contributed by atoms with Crippen LogP contribution in [0.3, 0.4) is 0 Å². The minimum atomic E-state index is 0.446. The number of benzene rings is 1. The highest BCUT2D eigenvalue weighted by Crippen LogP contribution is 2.27. The van der Waals surface area contributed by atoms with E-state index in [0.717, 1.165) is 10.0 Å². The first-order valence-electron chi connectivity index (χ1n) is 4.02. The number of aryl methyl sites for hydroxylation is 1. The second kappa shape index (κ2) is 3.42. The van der Waals surface area contributed by atoms with E-state index in [0.29, 0.717) is 17.4 Å². The van der Waals surface area contributed by atoms with Crippen molar-refractivity contribution in [3.05, 3.63) is 28.5 Å². The fourth-order valence-corrected chi connectivity index (χ4v) is 1.48. The van der Waals surface area contributed by atoms with Crippen LogP contribution < -0.4 is 5.73 Å². The third-order valence-electron chi connectivity index (χ3n) is 1.77. The molecular weight excluding hydrogens is 246 g/mol. The first-order chi connectivity index (χ1) is 6.66. The van der Waals surface area contributed by atoms with Crippen LogP contribution in [-0.4, -0.2) is 10.1 Å². The quantitative estimate of drug-likeness (QED) is 0.793. The summed E-state index contributed by atoms with van der Waals surface area (Å²) >= 11 is 3.35. The average Bonchev–Trinajstić information content (AvgIpc) is 2.56. The molecule has 2 aromatic rings. The molecule has 2 rings (SSSR count). The fraction of sp³-hybridized carbons (Fsp3) is 0.111. The van der Waals surface area contributed by atoms with Gasteiger partial charge in [-0.25, -0.2) is 0 Å². The number of anilines is 1. The number of rotatable bonds is 1. The van der Waals surface area contributed by atoms with E-state index >= 15 is 0 Å². The molecule has 0 aliphatic carbocycles. The third kappa shape index (κ3) is 1.63. The van der Waals surface area contributed by atoms with Crippen molar-refractivity contribution in [2.75, 3.05) is 5.73 Å². The molecule has 5 heteroatoms. The van der Waals surface area contributed by atoms with Crippen molar-refractivity contribution >= 4 is 21.6 Å². The number of halogens is 1. The lowest BCUT2D eigenvalue weighted by Gasteiger charge is -2.00. The second-order valence-corrected chi connectivity index (χ2v) is 3.79. The zero-order valence-corrected chi connectivity index (χ0v) is 9.08. The number of hydrogen-bond acceptors (Lipinski definition) is 4. The van der Waals surface area contributed by atoms with Crippen LogP contribution in [0, 0.1) is 6.92 Å². The van der Waals surface area contributed by atoms with E-state index in [1.54, 1.807) is 13.0 Å². The Balaban J connectivity index is 2.55. The molecule has 1 aromatic heterocycles. The van der Waals surface area contributed by atoms with Gasteiger partial charge in [-0.1, -0.05) is 21.1 Å². The van der Waals surface area contributed by atoms with Crippen molar-refractivity contribution < 1.29 is 4.52 Å². The molecule has 0 saturated heterocycles. The zero-order valence-electron chi connectivity index (χ0n) is 7.49. The Morgan fingerprint density at radius 1 is 1.43 bits per heavy atom. The van der Waals surface area contributed by atoms with Crippen LogP contribution in [-0.2, 0) is 0 Å². The molecule has 0 fully saturated rings. The van der Waals surface area contributed by atoms with Gasteiger partial charge in [0.15, 0.2) is 5.82 Å². The van der Waals surface area contributed by atoms with Crippen molar-refractivity contribution in [2.24, 2.45) is 0 Å². The summed E-state index contributed by atoms with van der Waals surface area (Å²) in [5.74, 6) is 1.04. The highest BCUT2D eigenvalue weighted by Gasteiger charge is 2.09. The topological polar surface area (TPSA) is 64.9 Å². The average molecular weight is 254 g/mol. The second-order valence-electron chi connectivity index (χ2n) is 2.88.